The fourth-order valence-corrected chi connectivity index (χ4v) is 2.93. The summed E-state index contributed by atoms with van der Waals surface area (Å²) in [6, 6.07) is 0.838. The molecule has 17 heavy (non-hydrogen) atoms. The predicted molar refractivity (Wildman–Crippen MR) is 74.9 cm³/mol. The number of nitrogens with zero attached hydrogens (tertiary/aromatic N) is 2. The number of hydrogen-bond acceptors (Lipinski definition) is 3. The smallest absolute Gasteiger partial charge is 0.0829 e. The predicted octanol–water partition coefficient (Wildman–Crippen LogP) is 1.96. The van der Waals surface area contributed by atoms with Gasteiger partial charge in [-0.15, -0.1) is 0 Å². The van der Waals surface area contributed by atoms with Gasteiger partial charge in [0, 0.05) is 31.0 Å². The SMILES string of the molecule is CN1CCOC(CN(CCCBr)C2CCC2)C1. The van der Waals surface area contributed by atoms with E-state index in [1.807, 2.05) is 0 Å². The third-order valence-corrected chi connectivity index (χ3v) is 4.51. The third kappa shape index (κ3) is 4.19. The molecule has 2 aliphatic rings. The van der Waals surface area contributed by atoms with Crippen LogP contribution in [0.5, 0.6) is 0 Å². The Morgan fingerprint density at radius 2 is 2.24 bits per heavy atom. The molecular formula is C13H25BrN2O. The highest BCUT2D eigenvalue weighted by Crippen LogP contribution is 2.25. The zero-order valence-corrected chi connectivity index (χ0v) is 12.5. The molecule has 1 saturated carbocycles. The number of morpholine rings is 1. The molecule has 0 N–H and O–H groups in total. The fraction of sp³-hybridized carbons (Fsp3) is 1.00. The van der Waals surface area contributed by atoms with Crippen molar-refractivity contribution in [2.75, 3.05) is 45.2 Å². The van der Waals surface area contributed by atoms with Crippen molar-refractivity contribution in [3.63, 3.8) is 0 Å². The molecule has 3 nitrogen and oxygen atoms in total. The average Bonchev–Trinajstić information content (AvgIpc) is 2.23. The van der Waals surface area contributed by atoms with E-state index in [4.69, 9.17) is 4.74 Å². The molecule has 2 fully saturated rings. The Bertz CT molecular complexity index is 223. The second kappa shape index (κ2) is 7.07. The van der Waals surface area contributed by atoms with Crippen molar-refractivity contribution < 1.29 is 4.74 Å². The van der Waals surface area contributed by atoms with E-state index >= 15 is 0 Å². The van der Waals surface area contributed by atoms with Crippen LogP contribution in [0, 0.1) is 0 Å². The Morgan fingerprint density at radius 3 is 2.82 bits per heavy atom. The number of halogens is 1. The molecule has 1 saturated heterocycles. The first kappa shape index (κ1) is 13.8. The molecule has 0 aromatic rings. The monoisotopic (exact) mass is 304 g/mol. The summed E-state index contributed by atoms with van der Waals surface area (Å²) in [5.74, 6) is 0. The van der Waals surface area contributed by atoms with E-state index in [9.17, 15) is 0 Å². The lowest BCUT2D eigenvalue weighted by Crippen LogP contribution is -2.50. The normalized spacial score (nSPS) is 27.4. The van der Waals surface area contributed by atoms with Gasteiger partial charge in [0.05, 0.1) is 12.7 Å². The van der Waals surface area contributed by atoms with Gasteiger partial charge in [-0.3, -0.25) is 4.90 Å². The van der Waals surface area contributed by atoms with Crippen molar-refractivity contribution >= 4 is 15.9 Å². The van der Waals surface area contributed by atoms with Gasteiger partial charge in [-0.25, -0.2) is 0 Å². The minimum absolute atomic E-state index is 0.421. The number of likely N-dealkylation sites (N-methyl/N-ethyl adjacent to an activating group) is 1. The van der Waals surface area contributed by atoms with Crippen molar-refractivity contribution in [2.45, 2.75) is 37.8 Å². The van der Waals surface area contributed by atoms with E-state index in [1.54, 1.807) is 0 Å². The highest BCUT2D eigenvalue weighted by Gasteiger charge is 2.28. The maximum atomic E-state index is 5.88. The van der Waals surface area contributed by atoms with Crippen molar-refractivity contribution in [3.05, 3.63) is 0 Å². The Kier molecular flexibility index (Phi) is 5.74. The summed E-state index contributed by atoms with van der Waals surface area (Å²) in [5.41, 5.74) is 0. The third-order valence-electron chi connectivity index (χ3n) is 3.95. The van der Waals surface area contributed by atoms with Crippen LogP contribution in [0.1, 0.15) is 25.7 Å². The minimum atomic E-state index is 0.421. The van der Waals surface area contributed by atoms with E-state index in [2.05, 4.69) is 32.8 Å². The van der Waals surface area contributed by atoms with Crippen LogP contribution in [0.25, 0.3) is 0 Å². The molecule has 0 bridgehead atoms. The average molecular weight is 305 g/mol. The van der Waals surface area contributed by atoms with Crippen LogP contribution in [-0.2, 0) is 4.74 Å². The van der Waals surface area contributed by atoms with E-state index in [-0.39, 0.29) is 0 Å². The lowest BCUT2D eigenvalue weighted by Gasteiger charge is -2.41. The van der Waals surface area contributed by atoms with Gasteiger partial charge in [-0.2, -0.15) is 0 Å². The first-order valence-corrected chi connectivity index (χ1v) is 8.02. The van der Waals surface area contributed by atoms with Gasteiger partial charge in [0.25, 0.3) is 0 Å². The van der Waals surface area contributed by atoms with Crippen molar-refractivity contribution in [1.82, 2.24) is 9.80 Å². The van der Waals surface area contributed by atoms with Crippen LogP contribution in [0.3, 0.4) is 0 Å². The molecule has 0 aromatic carbocycles. The van der Waals surface area contributed by atoms with E-state index in [0.29, 0.717) is 6.10 Å². The van der Waals surface area contributed by atoms with Gasteiger partial charge in [-0.05, 0) is 32.9 Å². The summed E-state index contributed by atoms with van der Waals surface area (Å²) in [7, 11) is 2.20. The van der Waals surface area contributed by atoms with Gasteiger partial charge in [0.15, 0.2) is 0 Å². The van der Waals surface area contributed by atoms with Crippen molar-refractivity contribution in [2.24, 2.45) is 0 Å². The molecule has 1 heterocycles. The van der Waals surface area contributed by atoms with Crippen LogP contribution < -0.4 is 0 Å². The summed E-state index contributed by atoms with van der Waals surface area (Å²) in [4.78, 5) is 5.05. The highest BCUT2D eigenvalue weighted by atomic mass is 79.9. The first-order valence-electron chi connectivity index (χ1n) is 6.89. The van der Waals surface area contributed by atoms with E-state index in [1.165, 1.54) is 32.2 Å². The molecule has 1 atom stereocenters. The first-order chi connectivity index (χ1) is 8.29. The van der Waals surface area contributed by atoms with Gasteiger partial charge in [-0.1, -0.05) is 22.4 Å². The number of alkyl halides is 1. The highest BCUT2D eigenvalue weighted by molar-refractivity contribution is 9.09. The fourth-order valence-electron chi connectivity index (χ4n) is 2.68. The minimum Gasteiger partial charge on any atom is -0.374 e. The molecule has 100 valence electrons. The lowest BCUT2D eigenvalue weighted by molar-refractivity contribution is -0.0467. The van der Waals surface area contributed by atoms with E-state index < -0.39 is 0 Å². The van der Waals surface area contributed by atoms with Crippen LogP contribution in [0.15, 0.2) is 0 Å². The molecule has 0 aromatic heterocycles. The van der Waals surface area contributed by atoms with Crippen LogP contribution in [0.2, 0.25) is 0 Å². The Balaban J connectivity index is 1.78. The van der Waals surface area contributed by atoms with Crippen molar-refractivity contribution in [1.29, 1.82) is 0 Å². The zero-order valence-electron chi connectivity index (χ0n) is 10.9. The molecule has 1 aliphatic carbocycles. The standard InChI is InChI=1S/C13H25BrN2O/c1-15-8-9-17-13(10-15)11-16(7-3-6-14)12-4-2-5-12/h12-13H,2-11H2,1H3. The number of hydrogen-bond donors (Lipinski definition) is 0. The number of ether oxygens (including phenoxy) is 1. The van der Waals surface area contributed by atoms with Gasteiger partial charge in [0.2, 0.25) is 0 Å². The van der Waals surface area contributed by atoms with Gasteiger partial charge in [0.1, 0.15) is 0 Å². The second-order valence-electron chi connectivity index (χ2n) is 5.38. The summed E-state index contributed by atoms with van der Waals surface area (Å²) < 4.78 is 5.88. The molecular weight excluding hydrogens is 280 g/mol. The number of rotatable bonds is 6. The lowest BCUT2D eigenvalue weighted by atomic mass is 9.91. The molecule has 4 heteroatoms. The largest absolute Gasteiger partial charge is 0.374 e. The summed E-state index contributed by atoms with van der Waals surface area (Å²) in [5, 5.41) is 1.11. The van der Waals surface area contributed by atoms with Gasteiger partial charge < -0.3 is 9.64 Å². The van der Waals surface area contributed by atoms with Crippen LogP contribution in [0.4, 0.5) is 0 Å². The summed E-state index contributed by atoms with van der Waals surface area (Å²) in [6.45, 7) is 5.43. The van der Waals surface area contributed by atoms with Crippen LogP contribution in [-0.4, -0.2) is 67.1 Å². The van der Waals surface area contributed by atoms with Crippen LogP contribution >= 0.6 is 15.9 Å². The molecule has 1 unspecified atom stereocenters. The topological polar surface area (TPSA) is 15.7 Å². The molecule has 2 rings (SSSR count). The molecule has 0 amide bonds. The quantitative estimate of drug-likeness (QED) is 0.698. The Hall–Kier alpha value is 0.360. The molecule has 0 radical (unpaired) electrons. The molecule has 0 spiro atoms. The van der Waals surface area contributed by atoms with Crippen molar-refractivity contribution in [3.8, 4) is 0 Å². The molecule has 1 aliphatic heterocycles. The summed E-state index contributed by atoms with van der Waals surface area (Å²) in [6.07, 6.45) is 5.88. The Morgan fingerprint density at radius 1 is 1.41 bits per heavy atom. The van der Waals surface area contributed by atoms with E-state index in [0.717, 1.165) is 37.6 Å². The second-order valence-corrected chi connectivity index (χ2v) is 6.17. The Labute approximate surface area is 114 Å². The van der Waals surface area contributed by atoms with Gasteiger partial charge >= 0.3 is 0 Å². The summed E-state index contributed by atoms with van der Waals surface area (Å²) >= 11 is 3.54. The maximum absolute atomic E-state index is 5.88. The maximum Gasteiger partial charge on any atom is 0.0829 e. The zero-order chi connectivity index (χ0) is 12.1.